The summed E-state index contributed by atoms with van der Waals surface area (Å²) in [4.78, 5) is 25.9. The van der Waals surface area contributed by atoms with Gasteiger partial charge in [0.1, 0.15) is 0 Å². The van der Waals surface area contributed by atoms with Crippen LogP contribution in [0.1, 0.15) is 66.9 Å². The van der Waals surface area contributed by atoms with Crippen LogP contribution in [-0.2, 0) is 9.53 Å². The molecule has 4 aliphatic carbocycles. The highest BCUT2D eigenvalue weighted by molar-refractivity contribution is 6.01. The number of carbonyl (C=O) groups is 2. The van der Waals surface area contributed by atoms with Crippen molar-refractivity contribution in [2.75, 3.05) is 0 Å². The minimum Gasteiger partial charge on any atom is -0.454 e. The van der Waals surface area contributed by atoms with E-state index >= 15 is 0 Å². The maximum absolute atomic E-state index is 13.1. The van der Waals surface area contributed by atoms with Gasteiger partial charge in [-0.25, -0.2) is 0 Å². The molecular formula is C22H28O4. The summed E-state index contributed by atoms with van der Waals surface area (Å²) in [5, 5.41) is 10.8. The van der Waals surface area contributed by atoms with E-state index in [9.17, 15) is 14.7 Å². The largest absolute Gasteiger partial charge is 0.454 e. The number of ketones is 1. The average molecular weight is 356 g/mol. The lowest BCUT2D eigenvalue weighted by molar-refractivity contribution is -0.197. The van der Waals surface area contributed by atoms with Crippen LogP contribution in [0.4, 0.5) is 0 Å². The monoisotopic (exact) mass is 356 g/mol. The number of aliphatic hydroxyl groups is 1. The molecule has 1 N–H and O–H groups in total. The number of hydrogen-bond donors (Lipinski definition) is 1. The lowest BCUT2D eigenvalue weighted by atomic mass is 9.48. The summed E-state index contributed by atoms with van der Waals surface area (Å²) in [5.41, 5.74) is 1.24. The molecule has 1 aromatic carbocycles. The standard InChI is InChI=1S/C22H28O4/c1-13-4-5-14(2)18(6-13)19(23)15(3)26-20(24)21-8-16-7-17(9-21)11-22(25,10-16)12-21/h4-6,15-17,25H,7-12H2,1-3H3/t15-,16-,17+,21?,22?/m0/s1. The molecule has 0 spiro atoms. The van der Waals surface area contributed by atoms with E-state index in [4.69, 9.17) is 4.74 Å². The Hall–Kier alpha value is -1.68. The third kappa shape index (κ3) is 2.88. The van der Waals surface area contributed by atoms with Gasteiger partial charge in [0.2, 0.25) is 5.78 Å². The van der Waals surface area contributed by atoms with Gasteiger partial charge in [0.15, 0.2) is 6.10 Å². The molecule has 4 nitrogen and oxygen atoms in total. The fraction of sp³-hybridized carbons (Fsp3) is 0.636. The van der Waals surface area contributed by atoms with Gasteiger partial charge >= 0.3 is 5.97 Å². The summed E-state index contributed by atoms with van der Waals surface area (Å²) in [6.07, 6.45) is 4.05. The molecule has 0 amide bonds. The first kappa shape index (κ1) is 17.7. The van der Waals surface area contributed by atoms with E-state index in [1.54, 1.807) is 6.92 Å². The SMILES string of the molecule is Cc1ccc(C)c(C(=O)[C@H](C)OC(=O)C23C[C@@H]4C[C@@H](CC(O)(C4)C2)C3)c1. The summed E-state index contributed by atoms with van der Waals surface area (Å²) < 4.78 is 5.69. The van der Waals surface area contributed by atoms with Gasteiger partial charge < -0.3 is 9.84 Å². The van der Waals surface area contributed by atoms with Crippen LogP contribution in [-0.4, -0.2) is 28.6 Å². The normalized spacial score (nSPS) is 36.0. The van der Waals surface area contributed by atoms with Crippen molar-refractivity contribution in [3.05, 3.63) is 34.9 Å². The van der Waals surface area contributed by atoms with Gasteiger partial charge in [-0.05, 0) is 82.8 Å². The predicted octanol–water partition coefficient (Wildman–Crippen LogP) is 3.75. The second kappa shape index (κ2) is 5.91. The van der Waals surface area contributed by atoms with Crippen molar-refractivity contribution >= 4 is 11.8 Å². The number of Topliss-reactive ketones (excluding diaryl/α,β-unsaturated/α-hetero) is 1. The molecule has 4 fully saturated rings. The van der Waals surface area contributed by atoms with Gasteiger partial charge in [0, 0.05) is 5.56 Å². The van der Waals surface area contributed by atoms with Crippen molar-refractivity contribution < 1.29 is 19.4 Å². The highest BCUT2D eigenvalue weighted by Gasteiger charge is 2.61. The third-order valence-corrected chi connectivity index (χ3v) is 6.77. The summed E-state index contributed by atoms with van der Waals surface area (Å²) in [7, 11) is 0. The predicted molar refractivity (Wildman–Crippen MR) is 97.9 cm³/mol. The molecule has 140 valence electrons. The van der Waals surface area contributed by atoms with Crippen molar-refractivity contribution in [2.45, 2.75) is 71.0 Å². The molecule has 0 aromatic heterocycles. The van der Waals surface area contributed by atoms with E-state index in [0.717, 1.165) is 43.2 Å². The number of hydrogen-bond acceptors (Lipinski definition) is 4. The first-order valence-corrected chi connectivity index (χ1v) is 9.75. The van der Waals surface area contributed by atoms with E-state index in [1.165, 1.54) is 0 Å². The maximum atomic E-state index is 13.1. The first-order valence-electron chi connectivity index (χ1n) is 9.75. The molecule has 26 heavy (non-hydrogen) atoms. The van der Waals surface area contributed by atoms with Crippen LogP contribution in [0.25, 0.3) is 0 Å². The van der Waals surface area contributed by atoms with Crippen LogP contribution in [0.3, 0.4) is 0 Å². The highest BCUT2D eigenvalue weighted by atomic mass is 16.5. The lowest BCUT2D eigenvalue weighted by Gasteiger charge is -2.58. The molecule has 5 atom stereocenters. The summed E-state index contributed by atoms with van der Waals surface area (Å²) in [6.45, 7) is 5.51. The zero-order valence-corrected chi connectivity index (χ0v) is 15.9. The smallest absolute Gasteiger partial charge is 0.312 e. The number of ether oxygens (including phenoxy) is 1. The topological polar surface area (TPSA) is 63.6 Å². The second-order valence-electron chi connectivity index (χ2n) is 9.20. The second-order valence-corrected chi connectivity index (χ2v) is 9.20. The molecule has 2 unspecified atom stereocenters. The zero-order chi connectivity index (χ0) is 18.7. The van der Waals surface area contributed by atoms with E-state index in [-0.39, 0.29) is 11.8 Å². The molecule has 0 radical (unpaired) electrons. The van der Waals surface area contributed by atoms with E-state index in [1.807, 2.05) is 32.0 Å². The minimum absolute atomic E-state index is 0.150. The number of rotatable bonds is 4. The summed E-state index contributed by atoms with van der Waals surface area (Å²) >= 11 is 0. The quantitative estimate of drug-likeness (QED) is 0.659. The number of esters is 1. The molecule has 4 bridgehead atoms. The Morgan fingerprint density at radius 1 is 1.15 bits per heavy atom. The fourth-order valence-electron chi connectivity index (χ4n) is 6.01. The Labute approximate surface area is 154 Å². The number of carbonyl (C=O) groups excluding carboxylic acids is 2. The van der Waals surface area contributed by atoms with Crippen LogP contribution < -0.4 is 0 Å². The Kier molecular flexibility index (Phi) is 4.03. The van der Waals surface area contributed by atoms with Crippen molar-refractivity contribution in [1.29, 1.82) is 0 Å². The van der Waals surface area contributed by atoms with Crippen LogP contribution in [0, 0.1) is 31.1 Å². The van der Waals surface area contributed by atoms with Gasteiger partial charge in [0.05, 0.1) is 11.0 Å². The van der Waals surface area contributed by atoms with Crippen LogP contribution in [0.2, 0.25) is 0 Å². The van der Waals surface area contributed by atoms with Crippen molar-refractivity contribution in [2.24, 2.45) is 17.3 Å². The van der Waals surface area contributed by atoms with E-state index in [2.05, 4.69) is 0 Å². The Bertz CT molecular complexity index is 751. The first-order chi connectivity index (χ1) is 12.2. The average Bonchev–Trinajstić information content (AvgIpc) is 2.54. The van der Waals surface area contributed by atoms with Gasteiger partial charge in [-0.1, -0.05) is 17.7 Å². The van der Waals surface area contributed by atoms with Crippen molar-refractivity contribution in [3.8, 4) is 0 Å². The molecular weight excluding hydrogens is 328 g/mol. The molecule has 0 aliphatic heterocycles. The molecule has 4 aliphatic rings. The van der Waals surface area contributed by atoms with Crippen LogP contribution in [0.15, 0.2) is 18.2 Å². The van der Waals surface area contributed by atoms with Gasteiger partial charge in [-0.15, -0.1) is 0 Å². The Morgan fingerprint density at radius 3 is 2.42 bits per heavy atom. The Balaban J connectivity index is 1.51. The van der Waals surface area contributed by atoms with Crippen molar-refractivity contribution in [1.82, 2.24) is 0 Å². The van der Waals surface area contributed by atoms with Crippen LogP contribution >= 0.6 is 0 Å². The summed E-state index contributed by atoms with van der Waals surface area (Å²) in [5.74, 6) is 0.400. The summed E-state index contributed by atoms with van der Waals surface area (Å²) in [6, 6.07) is 5.75. The Morgan fingerprint density at radius 2 is 1.81 bits per heavy atom. The number of benzene rings is 1. The molecule has 4 saturated carbocycles. The van der Waals surface area contributed by atoms with Crippen LogP contribution in [0.5, 0.6) is 0 Å². The lowest BCUT2D eigenvalue weighted by Crippen LogP contribution is -2.58. The molecule has 1 aromatic rings. The molecule has 4 heteroatoms. The van der Waals surface area contributed by atoms with Crippen molar-refractivity contribution in [3.63, 3.8) is 0 Å². The third-order valence-electron chi connectivity index (χ3n) is 6.77. The van der Waals surface area contributed by atoms with Gasteiger partial charge in [0.25, 0.3) is 0 Å². The van der Waals surface area contributed by atoms with Gasteiger partial charge in [-0.2, -0.15) is 0 Å². The van der Waals surface area contributed by atoms with E-state index < -0.39 is 17.1 Å². The van der Waals surface area contributed by atoms with Gasteiger partial charge in [-0.3, -0.25) is 9.59 Å². The minimum atomic E-state index is -0.800. The highest BCUT2D eigenvalue weighted by Crippen LogP contribution is 2.62. The number of aryl methyl sites for hydroxylation is 2. The molecule has 0 saturated heterocycles. The molecule has 5 rings (SSSR count). The molecule has 0 heterocycles. The maximum Gasteiger partial charge on any atom is 0.312 e. The zero-order valence-electron chi connectivity index (χ0n) is 15.9. The fourth-order valence-corrected chi connectivity index (χ4v) is 6.01. The van der Waals surface area contributed by atoms with E-state index in [0.29, 0.717) is 23.8 Å².